The number of pyridine rings is 1. The van der Waals surface area contributed by atoms with Crippen LogP contribution in [0.25, 0.3) is 0 Å². The zero-order chi connectivity index (χ0) is 28.8. The van der Waals surface area contributed by atoms with Crippen LogP contribution in [0.1, 0.15) is 117 Å². The lowest BCUT2D eigenvalue weighted by atomic mass is 9.95. The fraction of sp³-hybridized carbons (Fsp3) is 0.613. The summed E-state index contributed by atoms with van der Waals surface area (Å²) < 4.78 is 67.1. The number of esters is 1. The van der Waals surface area contributed by atoms with Crippen LogP contribution in [-0.2, 0) is 10.9 Å². The number of nitrogens with zero attached hydrogens (tertiary/aromatic N) is 2. The summed E-state index contributed by atoms with van der Waals surface area (Å²) in [5.41, 5.74) is 0.458. The number of carbonyl (C=O) groups excluding carboxylic acids is 1. The van der Waals surface area contributed by atoms with E-state index >= 15 is 0 Å². The highest BCUT2D eigenvalue weighted by Crippen LogP contribution is 2.46. The number of halogens is 4. The van der Waals surface area contributed by atoms with Crippen molar-refractivity contribution >= 4 is 5.97 Å². The van der Waals surface area contributed by atoms with Gasteiger partial charge in [-0.15, -0.1) is 0 Å². The van der Waals surface area contributed by atoms with E-state index in [0.717, 1.165) is 44.1 Å². The van der Waals surface area contributed by atoms with Gasteiger partial charge in [0.05, 0.1) is 23.4 Å². The molecule has 0 radical (unpaired) electrons. The number of aromatic nitrogens is 1. The molecule has 0 N–H and O–H groups in total. The van der Waals surface area contributed by atoms with Crippen molar-refractivity contribution in [2.75, 3.05) is 19.7 Å². The Morgan fingerprint density at radius 3 is 2.23 bits per heavy atom. The molecule has 1 unspecified atom stereocenters. The third-order valence-electron chi connectivity index (χ3n) is 8.02. The molecule has 1 aromatic carbocycles. The third-order valence-corrected chi connectivity index (χ3v) is 8.02. The molecule has 0 amide bonds. The Hall–Kier alpha value is -2.68. The molecule has 1 atom stereocenters. The van der Waals surface area contributed by atoms with Crippen molar-refractivity contribution in [3.63, 3.8) is 0 Å². The van der Waals surface area contributed by atoms with Crippen LogP contribution in [0.5, 0.6) is 5.75 Å². The molecule has 9 heteroatoms. The smallest absolute Gasteiger partial charge is 0.416 e. The van der Waals surface area contributed by atoms with Gasteiger partial charge in [0, 0.05) is 23.7 Å². The van der Waals surface area contributed by atoms with Crippen molar-refractivity contribution in [3.8, 4) is 5.75 Å². The molecule has 1 aliphatic heterocycles. The number of piperidine rings is 1. The van der Waals surface area contributed by atoms with Crippen LogP contribution < -0.4 is 4.74 Å². The molecule has 1 saturated heterocycles. The van der Waals surface area contributed by atoms with Gasteiger partial charge in [-0.2, -0.15) is 13.2 Å². The van der Waals surface area contributed by atoms with Crippen LogP contribution in [0.2, 0.25) is 0 Å². The van der Waals surface area contributed by atoms with Gasteiger partial charge in [-0.1, -0.05) is 0 Å². The fourth-order valence-electron chi connectivity index (χ4n) is 5.34. The van der Waals surface area contributed by atoms with E-state index in [1.807, 2.05) is 6.92 Å². The van der Waals surface area contributed by atoms with Gasteiger partial charge in [0.2, 0.25) is 0 Å². The second-order valence-electron chi connectivity index (χ2n) is 12.6. The van der Waals surface area contributed by atoms with Gasteiger partial charge in [-0.25, -0.2) is 9.18 Å². The van der Waals surface area contributed by atoms with Gasteiger partial charge < -0.3 is 9.47 Å². The first-order valence-electron chi connectivity index (χ1n) is 14.3. The van der Waals surface area contributed by atoms with Crippen LogP contribution in [0.3, 0.4) is 0 Å². The van der Waals surface area contributed by atoms with E-state index in [-0.39, 0.29) is 29.4 Å². The molecule has 0 bridgehead atoms. The maximum Gasteiger partial charge on any atom is 0.416 e. The molecule has 218 valence electrons. The second kappa shape index (κ2) is 11.0. The fourth-order valence-corrected chi connectivity index (χ4v) is 5.34. The molecule has 5 nitrogen and oxygen atoms in total. The monoisotopic (exact) mass is 562 g/mol. The summed E-state index contributed by atoms with van der Waals surface area (Å²) in [6, 6.07) is 5.06. The van der Waals surface area contributed by atoms with E-state index in [1.165, 1.54) is 18.2 Å². The first kappa shape index (κ1) is 28.8. The molecule has 3 aliphatic rings. The Bertz CT molecular complexity index is 1240. The van der Waals surface area contributed by atoms with Crippen molar-refractivity contribution < 1.29 is 31.8 Å². The number of hydrogen-bond acceptors (Lipinski definition) is 5. The Morgan fingerprint density at radius 1 is 1.00 bits per heavy atom. The van der Waals surface area contributed by atoms with Gasteiger partial charge >= 0.3 is 12.1 Å². The summed E-state index contributed by atoms with van der Waals surface area (Å²) in [6.45, 7) is 9.01. The lowest BCUT2D eigenvalue weighted by Gasteiger charge is -2.36. The van der Waals surface area contributed by atoms with Gasteiger partial charge in [0.1, 0.15) is 17.2 Å². The summed E-state index contributed by atoms with van der Waals surface area (Å²) in [7, 11) is 0. The summed E-state index contributed by atoms with van der Waals surface area (Å²) in [5, 5.41) is 0. The second-order valence-corrected chi connectivity index (χ2v) is 12.6. The first-order valence-corrected chi connectivity index (χ1v) is 14.3. The normalized spacial score (nSPS) is 19.9. The summed E-state index contributed by atoms with van der Waals surface area (Å²) in [6.07, 6.45) is 0.963. The van der Waals surface area contributed by atoms with Crippen molar-refractivity contribution in [2.45, 2.75) is 95.9 Å². The molecular formula is C31H38F4N2O3. The number of alkyl halides is 3. The van der Waals surface area contributed by atoms with Crippen molar-refractivity contribution in [2.24, 2.45) is 5.92 Å². The number of carbonyl (C=O) groups is 1. The lowest BCUT2D eigenvalue weighted by Crippen LogP contribution is -2.37. The first-order chi connectivity index (χ1) is 18.8. The predicted molar refractivity (Wildman–Crippen MR) is 143 cm³/mol. The predicted octanol–water partition coefficient (Wildman–Crippen LogP) is 7.80. The minimum Gasteiger partial charge on any atom is -0.493 e. The van der Waals surface area contributed by atoms with Crippen molar-refractivity contribution in [1.29, 1.82) is 0 Å². The van der Waals surface area contributed by atoms with Crippen LogP contribution in [0.4, 0.5) is 17.6 Å². The topological polar surface area (TPSA) is 51.7 Å². The van der Waals surface area contributed by atoms with E-state index in [2.05, 4.69) is 9.88 Å². The molecule has 3 fully saturated rings. The zero-order valence-corrected chi connectivity index (χ0v) is 23.6. The van der Waals surface area contributed by atoms with Gasteiger partial charge in [0.25, 0.3) is 0 Å². The van der Waals surface area contributed by atoms with E-state index < -0.39 is 29.1 Å². The highest BCUT2D eigenvalue weighted by atomic mass is 19.4. The van der Waals surface area contributed by atoms with E-state index in [0.29, 0.717) is 36.8 Å². The number of rotatable bonds is 8. The quantitative estimate of drug-likeness (QED) is 0.243. The SMILES string of the molecule is CC(c1cc(C(F)(F)F)cc(C2CC2)n1)N1CCC(COc2cc(F)c(C(=O)OC(C)(C)C)cc2C2CC2)CC1. The minimum absolute atomic E-state index is 0.0699. The van der Waals surface area contributed by atoms with Crippen molar-refractivity contribution in [3.05, 3.63) is 58.2 Å². The Morgan fingerprint density at radius 2 is 1.65 bits per heavy atom. The highest BCUT2D eigenvalue weighted by molar-refractivity contribution is 5.90. The molecule has 1 aromatic heterocycles. The van der Waals surface area contributed by atoms with E-state index in [1.54, 1.807) is 26.8 Å². The molecule has 2 aliphatic carbocycles. The van der Waals surface area contributed by atoms with Crippen LogP contribution in [0.15, 0.2) is 24.3 Å². The van der Waals surface area contributed by atoms with Gasteiger partial charge in [0.15, 0.2) is 0 Å². The van der Waals surface area contributed by atoms with E-state index in [9.17, 15) is 22.4 Å². The maximum atomic E-state index is 14.9. The lowest BCUT2D eigenvalue weighted by molar-refractivity contribution is -0.137. The number of likely N-dealkylation sites (tertiary alicyclic amines) is 1. The molecule has 2 heterocycles. The summed E-state index contributed by atoms with van der Waals surface area (Å²) >= 11 is 0. The molecular weight excluding hydrogens is 524 g/mol. The number of ether oxygens (including phenoxy) is 2. The summed E-state index contributed by atoms with van der Waals surface area (Å²) in [4.78, 5) is 19.3. The number of benzene rings is 1. The average Bonchev–Trinajstić information content (AvgIpc) is 3.79. The molecule has 5 rings (SSSR count). The van der Waals surface area contributed by atoms with Crippen LogP contribution in [-0.4, -0.2) is 41.2 Å². The van der Waals surface area contributed by atoms with Crippen molar-refractivity contribution in [1.82, 2.24) is 9.88 Å². The molecule has 0 spiro atoms. The van der Waals surface area contributed by atoms with Gasteiger partial charge in [-0.05, 0) is 115 Å². The Balaban J connectivity index is 1.21. The molecule has 2 saturated carbocycles. The standard InChI is InChI=1S/C31H38F4N2O3/c1-18(26-13-22(31(33,34)35)14-27(36-26)21-7-8-21)37-11-9-19(10-12-37)17-39-28-16-25(32)24(15-23(28)20-5-6-20)29(38)40-30(2,3)4/h13-16,18-21H,5-12,17H2,1-4H3. The van der Waals surface area contributed by atoms with Crippen LogP contribution in [0, 0.1) is 11.7 Å². The third kappa shape index (κ3) is 6.96. The Labute approximate surface area is 233 Å². The summed E-state index contributed by atoms with van der Waals surface area (Å²) in [5.74, 6) is -0.236. The largest absolute Gasteiger partial charge is 0.493 e. The number of hydrogen-bond donors (Lipinski definition) is 0. The molecule has 40 heavy (non-hydrogen) atoms. The van der Waals surface area contributed by atoms with Crippen LogP contribution >= 0.6 is 0 Å². The van der Waals surface area contributed by atoms with E-state index in [4.69, 9.17) is 9.47 Å². The highest BCUT2D eigenvalue weighted by Gasteiger charge is 2.36. The maximum absolute atomic E-state index is 14.9. The minimum atomic E-state index is -4.39. The Kier molecular flexibility index (Phi) is 7.89. The average molecular weight is 563 g/mol. The zero-order valence-electron chi connectivity index (χ0n) is 23.6. The molecule has 2 aromatic rings. The van der Waals surface area contributed by atoms with Gasteiger partial charge in [-0.3, -0.25) is 9.88 Å².